The molecule has 0 saturated carbocycles. The summed E-state index contributed by atoms with van der Waals surface area (Å²) in [6.07, 6.45) is 4.60. The van der Waals surface area contributed by atoms with Gasteiger partial charge in [-0.05, 0) is 57.3 Å². The molecule has 1 amide bonds. The first-order chi connectivity index (χ1) is 19.7. The van der Waals surface area contributed by atoms with E-state index in [-0.39, 0.29) is 17.7 Å². The molecule has 0 aliphatic carbocycles. The number of benzene rings is 2. The fourth-order valence-corrected chi connectivity index (χ4v) is 5.38. The zero-order chi connectivity index (χ0) is 29.3. The number of hydrogen-bond acceptors (Lipinski definition) is 7. The van der Waals surface area contributed by atoms with Crippen LogP contribution in [-0.2, 0) is 17.8 Å². The molecule has 4 aromatic rings. The summed E-state index contributed by atoms with van der Waals surface area (Å²) in [5.41, 5.74) is 5.26. The van der Waals surface area contributed by atoms with Crippen LogP contribution < -0.4 is 20.3 Å². The predicted molar refractivity (Wildman–Crippen MR) is 163 cm³/mol. The molecule has 0 saturated heterocycles. The van der Waals surface area contributed by atoms with Crippen molar-refractivity contribution in [3.63, 3.8) is 0 Å². The van der Waals surface area contributed by atoms with E-state index >= 15 is 0 Å². The van der Waals surface area contributed by atoms with Gasteiger partial charge in [-0.25, -0.2) is 14.4 Å². The van der Waals surface area contributed by atoms with Crippen molar-refractivity contribution in [3.05, 3.63) is 65.7 Å². The lowest BCUT2D eigenvalue weighted by Crippen LogP contribution is -2.29. The number of aryl methyl sites for hydroxylation is 1. The van der Waals surface area contributed by atoms with Gasteiger partial charge in [0.05, 0.1) is 41.1 Å². The molecule has 41 heavy (non-hydrogen) atoms. The number of methoxy groups -OCH3 is 1. The third kappa shape index (κ3) is 5.71. The third-order valence-electron chi connectivity index (χ3n) is 7.21. The number of amides is 1. The maximum Gasteiger partial charge on any atom is 0.247 e. The van der Waals surface area contributed by atoms with E-state index in [1.165, 1.54) is 24.4 Å². The van der Waals surface area contributed by atoms with Crippen molar-refractivity contribution in [1.82, 2.24) is 19.4 Å². The summed E-state index contributed by atoms with van der Waals surface area (Å²) in [6.45, 7) is 5.98. The molecule has 1 aliphatic rings. The van der Waals surface area contributed by atoms with Crippen molar-refractivity contribution >= 4 is 51.4 Å². The van der Waals surface area contributed by atoms with Gasteiger partial charge < -0.3 is 29.7 Å². The zero-order valence-electron chi connectivity index (χ0n) is 23.6. The molecule has 0 atom stereocenters. The van der Waals surface area contributed by atoms with Gasteiger partial charge in [0.15, 0.2) is 0 Å². The van der Waals surface area contributed by atoms with Gasteiger partial charge in [-0.2, -0.15) is 0 Å². The highest BCUT2D eigenvalue weighted by Gasteiger charge is 2.25. The first kappa shape index (κ1) is 28.4. The van der Waals surface area contributed by atoms with Crippen LogP contribution in [0.2, 0.25) is 5.02 Å². The quantitative estimate of drug-likeness (QED) is 0.233. The number of ether oxygens (including phenoxy) is 1. The Morgan fingerprint density at radius 2 is 2.02 bits per heavy atom. The second kappa shape index (κ2) is 11.8. The van der Waals surface area contributed by atoms with Crippen LogP contribution in [0.4, 0.5) is 27.4 Å². The highest BCUT2D eigenvalue weighted by atomic mass is 35.5. The smallest absolute Gasteiger partial charge is 0.247 e. The maximum absolute atomic E-state index is 14.3. The molecule has 5 rings (SSSR count). The van der Waals surface area contributed by atoms with Gasteiger partial charge in [0, 0.05) is 54.9 Å². The Labute approximate surface area is 243 Å². The molecule has 2 aromatic carbocycles. The minimum absolute atomic E-state index is 0.278. The maximum atomic E-state index is 14.3. The average Bonchev–Trinajstić information content (AvgIpc) is 3.53. The molecular weight excluding hydrogens is 545 g/mol. The molecule has 2 aromatic heterocycles. The van der Waals surface area contributed by atoms with E-state index in [1.54, 1.807) is 19.2 Å². The van der Waals surface area contributed by atoms with Crippen LogP contribution in [-0.4, -0.2) is 66.7 Å². The third-order valence-corrected chi connectivity index (χ3v) is 7.49. The fraction of sp³-hybridized carbons (Fsp3) is 0.300. The summed E-state index contributed by atoms with van der Waals surface area (Å²) in [5.74, 6) is 0.154. The monoisotopic (exact) mass is 577 g/mol. The molecule has 11 heteroatoms. The number of carbonyl (C=O) groups is 1. The SMILES string of the molecule is C=CC(=O)Nc1cc(Nc2ncc(Cl)c(-c3c4n(c5ccc(F)cc35)CCC4)n2)c(OC)cc1N(C)CCN(C)C. The van der Waals surface area contributed by atoms with Gasteiger partial charge in [0.2, 0.25) is 11.9 Å². The normalized spacial score (nSPS) is 12.5. The summed E-state index contributed by atoms with van der Waals surface area (Å²) in [7, 11) is 7.53. The molecule has 214 valence electrons. The summed E-state index contributed by atoms with van der Waals surface area (Å²) in [5, 5.41) is 7.27. The van der Waals surface area contributed by atoms with Crippen LogP contribution in [0.25, 0.3) is 22.2 Å². The van der Waals surface area contributed by atoms with Crippen molar-refractivity contribution in [2.45, 2.75) is 19.4 Å². The van der Waals surface area contributed by atoms with E-state index in [1.807, 2.05) is 32.1 Å². The molecule has 1 aliphatic heterocycles. The Morgan fingerprint density at radius 1 is 1.22 bits per heavy atom. The average molecular weight is 578 g/mol. The Hall–Kier alpha value is -4.15. The number of hydrogen-bond donors (Lipinski definition) is 2. The van der Waals surface area contributed by atoms with Gasteiger partial charge >= 0.3 is 0 Å². The molecular formula is C30H33ClFN7O2. The van der Waals surface area contributed by atoms with Crippen molar-refractivity contribution < 1.29 is 13.9 Å². The molecule has 3 heterocycles. The topological polar surface area (TPSA) is 87.5 Å². The van der Waals surface area contributed by atoms with Crippen LogP contribution in [0.5, 0.6) is 5.75 Å². The second-order valence-corrected chi connectivity index (χ2v) is 10.6. The largest absolute Gasteiger partial charge is 0.494 e. The first-order valence-corrected chi connectivity index (χ1v) is 13.7. The number of rotatable bonds is 10. The van der Waals surface area contributed by atoms with E-state index in [9.17, 15) is 9.18 Å². The van der Waals surface area contributed by atoms with Crippen LogP contribution in [0, 0.1) is 5.82 Å². The summed E-state index contributed by atoms with van der Waals surface area (Å²) in [4.78, 5) is 25.6. The number of nitrogens with zero attached hydrogens (tertiary/aromatic N) is 5. The molecule has 0 radical (unpaired) electrons. The van der Waals surface area contributed by atoms with E-state index in [4.69, 9.17) is 21.3 Å². The van der Waals surface area contributed by atoms with Gasteiger partial charge in [-0.3, -0.25) is 4.79 Å². The Bertz CT molecular complexity index is 1640. The first-order valence-electron chi connectivity index (χ1n) is 13.3. The molecule has 2 N–H and O–H groups in total. The van der Waals surface area contributed by atoms with Gasteiger partial charge in [0.25, 0.3) is 0 Å². The highest BCUT2D eigenvalue weighted by Crippen LogP contribution is 2.42. The molecule has 9 nitrogen and oxygen atoms in total. The van der Waals surface area contributed by atoms with Crippen LogP contribution in [0.15, 0.2) is 49.2 Å². The highest BCUT2D eigenvalue weighted by molar-refractivity contribution is 6.33. The Balaban J connectivity index is 1.56. The van der Waals surface area contributed by atoms with Gasteiger partial charge in [0.1, 0.15) is 11.6 Å². The van der Waals surface area contributed by atoms with Crippen LogP contribution in [0.1, 0.15) is 12.1 Å². The number of aromatic nitrogens is 3. The number of anilines is 4. The predicted octanol–water partition coefficient (Wildman–Crippen LogP) is 5.71. The Kier molecular flexibility index (Phi) is 8.14. The van der Waals surface area contributed by atoms with Crippen molar-refractivity contribution in [2.75, 3.05) is 56.9 Å². The van der Waals surface area contributed by atoms with E-state index in [2.05, 4.69) is 31.7 Å². The molecule has 0 fully saturated rings. The summed E-state index contributed by atoms with van der Waals surface area (Å²) < 4.78 is 22.3. The number of nitrogens with one attached hydrogen (secondary N) is 2. The van der Waals surface area contributed by atoms with Crippen LogP contribution in [0.3, 0.4) is 0 Å². The lowest BCUT2D eigenvalue weighted by atomic mass is 10.0. The van der Waals surface area contributed by atoms with E-state index in [0.29, 0.717) is 27.8 Å². The van der Waals surface area contributed by atoms with Crippen molar-refractivity contribution in [1.29, 1.82) is 0 Å². The van der Waals surface area contributed by atoms with Crippen LogP contribution >= 0.6 is 11.6 Å². The fourth-order valence-electron chi connectivity index (χ4n) is 5.19. The zero-order valence-corrected chi connectivity index (χ0v) is 24.3. The van der Waals surface area contributed by atoms with Crippen molar-refractivity contribution in [2.24, 2.45) is 0 Å². The van der Waals surface area contributed by atoms with Gasteiger partial charge in [-0.1, -0.05) is 18.2 Å². The van der Waals surface area contributed by atoms with E-state index in [0.717, 1.165) is 60.3 Å². The minimum atomic E-state index is -0.338. The minimum Gasteiger partial charge on any atom is -0.494 e. The Morgan fingerprint density at radius 3 is 2.76 bits per heavy atom. The van der Waals surface area contributed by atoms with Gasteiger partial charge in [-0.15, -0.1) is 0 Å². The number of likely N-dealkylation sites (N-methyl/N-ethyl adjacent to an activating group) is 2. The molecule has 0 bridgehead atoms. The molecule has 0 spiro atoms. The second-order valence-electron chi connectivity index (χ2n) is 10.2. The lowest BCUT2D eigenvalue weighted by Gasteiger charge is -2.26. The number of carbonyl (C=O) groups excluding carboxylic acids is 1. The summed E-state index contributed by atoms with van der Waals surface area (Å²) >= 11 is 6.65. The standard InChI is InChI=1S/C30H33ClFN7O2/c1-6-27(40)34-21-15-22(26(41-5)16-25(21)38(4)13-12-37(2)3)35-30-33-17-20(31)29(36-30)28-19-14-18(32)9-10-23(19)39-11-7-8-24(28)39/h6,9-10,14-17H,1,7-8,11-13H2,2-5H3,(H,34,40)(H,33,35,36). The number of fused-ring (bicyclic) bond motifs is 3. The number of halogens is 2. The molecule has 0 unspecified atom stereocenters. The lowest BCUT2D eigenvalue weighted by molar-refractivity contribution is -0.111. The van der Waals surface area contributed by atoms with Crippen molar-refractivity contribution in [3.8, 4) is 17.0 Å². The summed E-state index contributed by atoms with van der Waals surface area (Å²) in [6, 6.07) is 8.44. The van der Waals surface area contributed by atoms with E-state index < -0.39 is 0 Å².